The Morgan fingerprint density at radius 1 is 0.548 bits per heavy atom. The molecule has 4 rings (SSSR count). The minimum absolute atomic E-state index is 0.406. The maximum atomic E-state index is 13.1. The molecular formula is C26H21ClF3P. The molecule has 0 radical (unpaired) electrons. The second-order valence-corrected chi connectivity index (χ2v) is 14.0. The molecule has 0 unspecified atom stereocenters. The zero-order valence-corrected chi connectivity index (χ0v) is 18.3. The molecule has 158 valence electrons. The second kappa shape index (κ2) is 8.15. The van der Waals surface area contributed by atoms with E-state index in [1.807, 2.05) is 91.0 Å². The van der Waals surface area contributed by atoms with E-state index in [-0.39, 0.29) is 0 Å². The molecule has 0 bridgehead atoms. The summed E-state index contributed by atoms with van der Waals surface area (Å²) in [6, 6.07) is 35.0. The average Bonchev–Trinajstić information content (AvgIpc) is 2.81. The van der Waals surface area contributed by atoms with Gasteiger partial charge in [0.15, 0.2) is 0 Å². The first-order valence-electron chi connectivity index (χ1n) is 9.88. The Hall–Kier alpha value is -2.61. The Kier molecular flexibility index (Phi) is 5.68. The molecule has 31 heavy (non-hydrogen) atoms. The maximum absolute atomic E-state index is 13.1. The van der Waals surface area contributed by atoms with Crippen LogP contribution in [0.1, 0.15) is 11.1 Å². The van der Waals surface area contributed by atoms with Crippen LogP contribution in [0.4, 0.5) is 13.2 Å². The molecule has 0 saturated carbocycles. The van der Waals surface area contributed by atoms with E-state index in [1.54, 1.807) is 12.1 Å². The molecule has 0 amide bonds. The van der Waals surface area contributed by atoms with E-state index in [0.717, 1.165) is 33.6 Å². The molecule has 4 aromatic carbocycles. The van der Waals surface area contributed by atoms with Crippen LogP contribution in [0.15, 0.2) is 115 Å². The molecule has 0 aliphatic heterocycles. The second-order valence-electron chi connectivity index (χ2n) is 7.54. The van der Waals surface area contributed by atoms with E-state index in [9.17, 15) is 13.2 Å². The van der Waals surface area contributed by atoms with Crippen LogP contribution in [0.25, 0.3) is 0 Å². The number of hydrogen-bond donors (Lipinski definition) is 0. The van der Waals surface area contributed by atoms with E-state index >= 15 is 0 Å². The van der Waals surface area contributed by atoms with E-state index in [4.69, 9.17) is 11.2 Å². The van der Waals surface area contributed by atoms with Crippen LogP contribution in [0.5, 0.6) is 0 Å². The molecule has 0 aliphatic rings. The summed E-state index contributed by atoms with van der Waals surface area (Å²) in [4.78, 5) is 0. The molecule has 0 aromatic heterocycles. The van der Waals surface area contributed by atoms with Crippen molar-refractivity contribution in [1.29, 1.82) is 0 Å². The summed E-state index contributed by atoms with van der Waals surface area (Å²) in [5, 5.41) is 2.94. The fourth-order valence-corrected chi connectivity index (χ4v) is 10.2. The third-order valence-corrected chi connectivity index (χ3v) is 12.8. The van der Waals surface area contributed by atoms with Crippen LogP contribution in [-0.2, 0) is 12.3 Å². The third-order valence-electron chi connectivity index (χ3n) is 5.64. The van der Waals surface area contributed by atoms with E-state index < -0.39 is 17.7 Å². The number of benzene rings is 4. The van der Waals surface area contributed by atoms with E-state index in [2.05, 4.69) is 0 Å². The number of alkyl halides is 3. The first kappa shape index (κ1) is 21.6. The van der Waals surface area contributed by atoms with Crippen LogP contribution in [0.3, 0.4) is 0 Å². The van der Waals surface area contributed by atoms with Crippen molar-refractivity contribution in [3.05, 3.63) is 126 Å². The summed E-state index contributed by atoms with van der Waals surface area (Å²) in [6.07, 6.45) is -3.97. The van der Waals surface area contributed by atoms with Gasteiger partial charge in [-0.3, -0.25) is 0 Å². The van der Waals surface area contributed by atoms with Gasteiger partial charge in [0.05, 0.1) is 0 Å². The van der Waals surface area contributed by atoms with Gasteiger partial charge >= 0.3 is 185 Å². The van der Waals surface area contributed by atoms with Gasteiger partial charge in [0, 0.05) is 0 Å². The van der Waals surface area contributed by atoms with Crippen molar-refractivity contribution in [2.45, 2.75) is 12.3 Å². The van der Waals surface area contributed by atoms with Crippen LogP contribution in [0, 0.1) is 0 Å². The van der Waals surface area contributed by atoms with Gasteiger partial charge in [-0.25, -0.2) is 0 Å². The first-order valence-corrected chi connectivity index (χ1v) is 13.2. The van der Waals surface area contributed by atoms with Gasteiger partial charge in [-0.1, -0.05) is 0 Å². The molecule has 0 fully saturated rings. The minimum atomic E-state index is -4.37. The van der Waals surface area contributed by atoms with Crippen molar-refractivity contribution in [1.82, 2.24) is 0 Å². The van der Waals surface area contributed by atoms with Crippen molar-refractivity contribution in [3.8, 4) is 0 Å². The Bertz CT molecular complexity index is 1040. The van der Waals surface area contributed by atoms with Crippen molar-refractivity contribution in [2.24, 2.45) is 0 Å². The summed E-state index contributed by atoms with van der Waals surface area (Å²) in [7, 11) is 0. The Morgan fingerprint density at radius 3 is 1.23 bits per heavy atom. The van der Waals surface area contributed by atoms with Gasteiger partial charge in [-0.05, 0) is 0 Å². The SMILES string of the molecule is FC(F)(F)c1ccc(CP(Cl)(c2ccccc2)(c2ccccc2)c2ccccc2)cc1. The van der Waals surface area contributed by atoms with Crippen LogP contribution in [0.2, 0.25) is 0 Å². The monoisotopic (exact) mass is 456 g/mol. The quantitative estimate of drug-likeness (QED) is 0.287. The Morgan fingerprint density at radius 2 is 0.903 bits per heavy atom. The van der Waals surface area contributed by atoms with Crippen molar-refractivity contribution < 1.29 is 13.2 Å². The summed E-state index contributed by atoms with van der Waals surface area (Å²) in [5.41, 5.74) is 0.0995. The molecule has 0 spiro atoms. The number of halogens is 4. The summed E-state index contributed by atoms with van der Waals surface area (Å²) >= 11 is 7.95. The number of rotatable bonds is 5. The summed E-state index contributed by atoms with van der Waals surface area (Å²) in [6.45, 7) is 0. The first-order chi connectivity index (χ1) is 14.8. The fraction of sp³-hybridized carbons (Fsp3) is 0.0769. The van der Waals surface area contributed by atoms with Crippen molar-refractivity contribution in [3.63, 3.8) is 0 Å². The molecular weight excluding hydrogens is 436 g/mol. The van der Waals surface area contributed by atoms with Gasteiger partial charge in [0.25, 0.3) is 0 Å². The predicted octanol–water partition coefficient (Wildman–Crippen LogP) is 6.89. The van der Waals surface area contributed by atoms with Gasteiger partial charge in [-0.2, -0.15) is 0 Å². The summed E-state index contributed by atoms with van der Waals surface area (Å²) in [5.74, 6) is -3.55. The Balaban J connectivity index is 1.99. The zero-order chi connectivity index (χ0) is 22.0. The molecule has 5 heteroatoms. The van der Waals surface area contributed by atoms with Crippen LogP contribution in [-0.4, -0.2) is 0 Å². The molecule has 0 heterocycles. The standard InChI is InChI=1S/C26H21ClF3P/c27-31(23-10-4-1-5-11-23,24-12-6-2-7-13-24,25-14-8-3-9-15-25)20-21-16-18-22(19-17-21)26(28,29)30/h1-19H,20H2. The zero-order valence-electron chi connectivity index (χ0n) is 16.6. The molecule has 0 aliphatic carbocycles. The molecule has 0 N–H and O–H groups in total. The predicted molar refractivity (Wildman–Crippen MR) is 126 cm³/mol. The fourth-order valence-electron chi connectivity index (χ4n) is 4.08. The topological polar surface area (TPSA) is 0 Å². The van der Waals surface area contributed by atoms with Gasteiger partial charge in [-0.15, -0.1) is 0 Å². The molecule has 0 atom stereocenters. The van der Waals surface area contributed by atoms with Crippen LogP contribution >= 0.6 is 17.2 Å². The third kappa shape index (κ3) is 3.89. The average molecular weight is 457 g/mol. The molecule has 0 saturated heterocycles. The van der Waals surface area contributed by atoms with E-state index in [1.165, 1.54) is 0 Å². The van der Waals surface area contributed by atoms with Gasteiger partial charge in [0.2, 0.25) is 0 Å². The van der Waals surface area contributed by atoms with Gasteiger partial charge in [0.1, 0.15) is 0 Å². The van der Waals surface area contributed by atoms with Gasteiger partial charge < -0.3 is 0 Å². The number of hydrogen-bond acceptors (Lipinski definition) is 0. The van der Waals surface area contributed by atoms with Crippen LogP contribution < -0.4 is 15.9 Å². The summed E-state index contributed by atoms with van der Waals surface area (Å²) < 4.78 is 39.3. The Labute approximate surface area is 185 Å². The molecule has 4 aromatic rings. The molecule has 0 nitrogen and oxygen atoms in total. The normalized spacial score (nSPS) is 13.4. The van der Waals surface area contributed by atoms with Crippen molar-refractivity contribution in [2.75, 3.05) is 0 Å². The van der Waals surface area contributed by atoms with E-state index in [0.29, 0.717) is 6.16 Å². The van der Waals surface area contributed by atoms with Crippen molar-refractivity contribution >= 4 is 33.1 Å².